The van der Waals surface area contributed by atoms with Crippen LogP contribution >= 0.6 is 11.6 Å². The summed E-state index contributed by atoms with van der Waals surface area (Å²) in [5.41, 5.74) is 3.97. The first kappa shape index (κ1) is 37.6. The van der Waals surface area contributed by atoms with Gasteiger partial charge in [-0.25, -0.2) is 28.2 Å². The van der Waals surface area contributed by atoms with E-state index in [1.807, 2.05) is 61.5 Å². The number of nitrogens with one attached hydrogen (secondary N) is 2. The molecule has 3 atom stereocenters. The lowest BCUT2D eigenvalue weighted by molar-refractivity contribution is 0.00496. The van der Waals surface area contributed by atoms with Gasteiger partial charge in [0.25, 0.3) is 0 Å². The molecule has 6 aromatic rings. The molecule has 1 aliphatic rings. The Morgan fingerprint density at radius 1 is 0.909 bits per heavy atom. The molecule has 0 bridgehead atoms. The number of benzene rings is 4. The number of amides is 1. The van der Waals surface area contributed by atoms with Gasteiger partial charge < -0.3 is 24.8 Å². The number of hydrogen-bond donors (Lipinski definition) is 3. The summed E-state index contributed by atoms with van der Waals surface area (Å²) in [5.74, 6) is 0.887. The molecule has 7 rings (SSSR count). The second-order valence-electron chi connectivity index (χ2n) is 13.4. The van der Waals surface area contributed by atoms with E-state index < -0.39 is 22.2 Å². The molecule has 3 heterocycles. The third-order valence-corrected chi connectivity index (χ3v) is 11.1. The molecule has 55 heavy (non-hydrogen) atoms. The number of carbonyl (C=O) groups is 1. The van der Waals surface area contributed by atoms with E-state index in [0.717, 1.165) is 11.1 Å². The molecule has 4 aromatic carbocycles. The quantitative estimate of drug-likeness (QED) is 0.111. The Balaban J connectivity index is 1.17. The van der Waals surface area contributed by atoms with Gasteiger partial charge in [-0.05, 0) is 72.9 Å². The van der Waals surface area contributed by atoms with Crippen LogP contribution in [-0.4, -0.2) is 71.3 Å². The zero-order valence-corrected chi connectivity index (χ0v) is 31.7. The van der Waals surface area contributed by atoms with Crippen molar-refractivity contribution in [2.24, 2.45) is 0 Å². The van der Waals surface area contributed by atoms with Crippen molar-refractivity contribution in [2.75, 3.05) is 23.7 Å². The number of sulfonamides is 1. The maximum atomic E-state index is 13.2. The average Bonchev–Trinajstić information content (AvgIpc) is 3.18. The summed E-state index contributed by atoms with van der Waals surface area (Å²) in [6.45, 7) is 2.16. The Labute approximate surface area is 324 Å². The molecule has 1 fully saturated rings. The van der Waals surface area contributed by atoms with E-state index in [0.29, 0.717) is 62.8 Å². The first-order valence-corrected chi connectivity index (χ1v) is 19.7. The summed E-state index contributed by atoms with van der Waals surface area (Å²) < 4.78 is 41.4. The third kappa shape index (κ3) is 8.80. The van der Waals surface area contributed by atoms with Crippen LogP contribution in [0.1, 0.15) is 23.1 Å². The SMILES string of the molecule is COC1CC(Nc2nccc(-c3cccnc3Oc3c(C)ccc4c(NS(=O)(=O)Cc5ccc(Cl)cc5)cccc34)n2)C(Cc2ccccc2)N(C(=O)O)C1. The fraction of sp³-hybridized carbons (Fsp3) is 0.220. The second kappa shape index (κ2) is 16.3. The Kier molecular flexibility index (Phi) is 11.1. The predicted octanol–water partition coefficient (Wildman–Crippen LogP) is 8.18. The van der Waals surface area contributed by atoms with Gasteiger partial charge in [0, 0.05) is 35.3 Å². The predicted molar refractivity (Wildman–Crippen MR) is 213 cm³/mol. The fourth-order valence-corrected chi connectivity index (χ4v) is 8.26. The van der Waals surface area contributed by atoms with E-state index in [9.17, 15) is 18.3 Å². The molecule has 3 unspecified atom stereocenters. The van der Waals surface area contributed by atoms with E-state index in [1.165, 1.54) is 4.90 Å². The van der Waals surface area contributed by atoms with E-state index in [-0.39, 0.29) is 30.3 Å². The Bertz CT molecular complexity index is 2420. The number of rotatable bonds is 12. The van der Waals surface area contributed by atoms with Gasteiger partial charge in [-0.3, -0.25) is 4.72 Å². The highest BCUT2D eigenvalue weighted by Crippen LogP contribution is 2.39. The fourth-order valence-electron chi connectivity index (χ4n) is 6.92. The number of aryl methyl sites for hydroxylation is 1. The number of likely N-dealkylation sites (tertiary alicyclic amines) is 1. The van der Waals surface area contributed by atoms with Crippen molar-refractivity contribution in [1.82, 2.24) is 19.9 Å². The monoisotopic (exact) mass is 778 g/mol. The zero-order chi connectivity index (χ0) is 38.5. The minimum Gasteiger partial charge on any atom is -0.465 e. The van der Waals surface area contributed by atoms with Gasteiger partial charge >= 0.3 is 6.09 Å². The van der Waals surface area contributed by atoms with Gasteiger partial charge in [-0.1, -0.05) is 78.3 Å². The van der Waals surface area contributed by atoms with E-state index in [1.54, 1.807) is 68.0 Å². The van der Waals surface area contributed by atoms with Crippen molar-refractivity contribution < 1.29 is 27.8 Å². The molecule has 3 N–H and O–H groups in total. The summed E-state index contributed by atoms with van der Waals surface area (Å²) in [7, 11) is -2.18. The number of anilines is 2. The summed E-state index contributed by atoms with van der Waals surface area (Å²) in [5, 5.41) is 15.5. The van der Waals surface area contributed by atoms with Crippen LogP contribution in [0.5, 0.6) is 11.6 Å². The van der Waals surface area contributed by atoms with Crippen LogP contribution in [0.25, 0.3) is 22.0 Å². The minimum absolute atomic E-state index is 0.220. The maximum Gasteiger partial charge on any atom is 0.407 e. The highest BCUT2D eigenvalue weighted by Gasteiger charge is 2.39. The first-order chi connectivity index (χ1) is 26.6. The van der Waals surface area contributed by atoms with E-state index in [2.05, 4.69) is 20.0 Å². The standard InChI is InChI=1S/C41H39ClN6O6S/c1-26-13-18-31-32(10-6-12-35(31)47-55(51,52)25-28-14-16-29(42)17-15-28)38(26)54-39-33(11-7-20-43-39)34-19-21-44-40(45-34)46-36-23-30(53-2)24-48(41(49)50)37(36)22-27-8-4-3-5-9-27/h3-21,30,36-37,47H,22-25H2,1-2H3,(H,49,50)(H,44,45,46). The lowest BCUT2D eigenvalue weighted by atomic mass is 9.89. The molecule has 282 valence electrons. The zero-order valence-electron chi connectivity index (χ0n) is 30.1. The average molecular weight is 779 g/mol. The van der Waals surface area contributed by atoms with Crippen molar-refractivity contribution in [3.63, 3.8) is 0 Å². The van der Waals surface area contributed by atoms with Gasteiger partial charge in [0.05, 0.1) is 47.4 Å². The van der Waals surface area contributed by atoms with Crippen molar-refractivity contribution in [3.05, 3.63) is 137 Å². The largest absolute Gasteiger partial charge is 0.465 e. The molecule has 0 radical (unpaired) electrons. The maximum absolute atomic E-state index is 13.2. The number of carboxylic acid groups (broad SMARTS) is 1. The topological polar surface area (TPSA) is 156 Å². The lowest BCUT2D eigenvalue weighted by Crippen LogP contribution is -2.59. The summed E-state index contributed by atoms with van der Waals surface area (Å²) in [4.78, 5) is 27.8. The normalized spacial score (nSPS) is 17.1. The molecular weight excluding hydrogens is 740 g/mol. The molecule has 1 aliphatic heterocycles. The number of nitrogens with zero attached hydrogens (tertiary/aromatic N) is 4. The number of hydrogen-bond acceptors (Lipinski definition) is 9. The smallest absolute Gasteiger partial charge is 0.407 e. The molecule has 12 nitrogen and oxygen atoms in total. The molecule has 0 spiro atoms. The molecule has 14 heteroatoms. The molecule has 1 saturated heterocycles. The summed E-state index contributed by atoms with van der Waals surface area (Å²) in [6, 6.07) is 30.2. The third-order valence-electron chi connectivity index (χ3n) is 9.61. The highest BCUT2D eigenvalue weighted by molar-refractivity contribution is 7.91. The number of halogens is 1. The summed E-state index contributed by atoms with van der Waals surface area (Å²) in [6.07, 6.45) is 2.96. The van der Waals surface area contributed by atoms with Gasteiger partial charge in [0.1, 0.15) is 5.75 Å². The van der Waals surface area contributed by atoms with Crippen LogP contribution in [0.2, 0.25) is 5.02 Å². The number of piperidine rings is 1. The molecule has 0 saturated carbocycles. The van der Waals surface area contributed by atoms with Crippen LogP contribution in [0.3, 0.4) is 0 Å². The second-order valence-corrected chi connectivity index (χ2v) is 15.5. The van der Waals surface area contributed by atoms with Gasteiger partial charge in [0.15, 0.2) is 0 Å². The molecule has 0 aliphatic carbocycles. The number of aromatic nitrogens is 3. The van der Waals surface area contributed by atoms with Crippen molar-refractivity contribution in [3.8, 4) is 22.9 Å². The molecule has 2 aromatic heterocycles. The number of methoxy groups -OCH3 is 1. The minimum atomic E-state index is -3.77. The Morgan fingerprint density at radius 3 is 2.47 bits per heavy atom. The van der Waals surface area contributed by atoms with Gasteiger partial charge in [0.2, 0.25) is 21.9 Å². The Morgan fingerprint density at radius 2 is 1.71 bits per heavy atom. The highest BCUT2D eigenvalue weighted by atomic mass is 35.5. The van der Waals surface area contributed by atoms with Crippen LogP contribution < -0.4 is 14.8 Å². The van der Waals surface area contributed by atoms with Crippen molar-refractivity contribution >= 4 is 50.1 Å². The van der Waals surface area contributed by atoms with Crippen LogP contribution in [0.15, 0.2) is 116 Å². The summed E-state index contributed by atoms with van der Waals surface area (Å²) >= 11 is 5.99. The number of pyridine rings is 1. The van der Waals surface area contributed by atoms with E-state index >= 15 is 0 Å². The first-order valence-electron chi connectivity index (χ1n) is 17.6. The van der Waals surface area contributed by atoms with Crippen LogP contribution in [-0.2, 0) is 26.9 Å². The van der Waals surface area contributed by atoms with E-state index in [4.69, 9.17) is 26.1 Å². The number of ether oxygens (including phenoxy) is 2. The van der Waals surface area contributed by atoms with Crippen molar-refractivity contribution in [2.45, 2.75) is 43.7 Å². The van der Waals surface area contributed by atoms with Crippen molar-refractivity contribution in [1.29, 1.82) is 0 Å². The van der Waals surface area contributed by atoms with Crippen LogP contribution in [0, 0.1) is 6.92 Å². The molecular formula is C41H39ClN6O6S. The molecule has 1 amide bonds. The van der Waals surface area contributed by atoms with Gasteiger partial charge in [-0.15, -0.1) is 0 Å². The number of fused-ring (bicyclic) bond motifs is 1. The van der Waals surface area contributed by atoms with Gasteiger partial charge in [-0.2, -0.15) is 0 Å². The Hall–Kier alpha value is -5.76. The van der Waals surface area contributed by atoms with Crippen LogP contribution in [0.4, 0.5) is 16.4 Å². The lowest BCUT2D eigenvalue weighted by Gasteiger charge is -2.43.